The predicted molar refractivity (Wildman–Crippen MR) is 103 cm³/mol. The van der Waals surface area contributed by atoms with Crippen LogP contribution in [0.2, 0.25) is 13.1 Å². The Labute approximate surface area is 146 Å². The molecule has 0 spiro atoms. The molecule has 0 radical (unpaired) electrons. The van der Waals surface area contributed by atoms with Crippen LogP contribution in [0.5, 0.6) is 0 Å². The third kappa shape index (κ3) is 6.08. The Morgan fingerprint density at radius 1 is 1.00 bits per heavy atom. The van der Waals surface area contributed by atoms with E-state index >= 15 is 0 Å². The molecule has 0 bridgehead atoms. The number of ether oxygens (including phenoxy) is 1. The monoisotopic (exact) mass is 340 g/mol. The van der Waals surface area contributed by atoms with Gasteiger partial charge in [0, 0.05) is 0 Å². The van der Waals surface area contributed by atoms with Gasteiger partial charge in [0.2, 0.25) is 0 Å². The Morgan fingerprint density at radius 2 is 1.54 bits per heavy atom. The second-order valence-corrected chi connectivity index (χ2v) is 11.8. The minimum absolute atomic E-state index is 0.351. The Morgan fingerprint density at radius 3 is 2.12 bits per heavy atom. The molecule has 1 atom stereocenters. The van der Waals surface area contributed by atoms with E-state index in [4.69, 9.17) is 4.74 Å². The molecule has 1 N–H and O–H groups in total. The van der Waals surface area contributed by atoms with Crippen molar-refractivity contribution in [3.8, 4) is 0 Å². The van der Waals surface area contributed by atoms with Crippen LogP contribution in [-0.4, -0.2) is 25.9 Å². The molecule has 0 saturated carbocycles. The van der Waals surface area contributed by atoms with Crippen LogP contribution in [-0.2, 0) is 17.4 Å². The topological polar surface area (TPSA) is 29.5 Å². The zero-order valence-electron chi connectivity index (χ0n) is 14.7. The van der Waals surface area contributed by atoms with Gasteiger partial charge in [0.25, 0.3) is 0 Å². The van der Waals surface area contributed by atoms with Gasteiger partial charge in [-0.05, 0) is 18.0 Å². The quantitative estimate of drug-likeness (QED) is 0.679. The molecule has 0 saturated heterocycles. The molecule has 2 aromatic rings. The number of hydrogen-bond donors (Lipinski definition) is 1. The van der Waals surface area contributed by atoms with E-state index in [1.54, 1.807) is 0 Å². The van der Waals surface area contributed by atoms with Crippen molar-refractivity contribution in [3.05, 3.63) is 83.6 Å². The van der Waals surface area contributed by atoms with E-state index in [0.29, 0.717) is 19.6 Å². The zero-order valence-corrected chi connectivity index (χ0v) is 15.7. The molecule has 3 heteroatoms. The fraction of sp³-hybridized carbons (Fsp3) is 0.333. The standard InChI is InChI=1S/C21H28O2Si/c1-18(24(2,3)17-20-12-8-5-9-13-20)14-21(22)16-23-15-19-10-6-4-7-11-19/h4-13,21-22H,1,14-17H2,2-3H3. The van der Waals surface area contributed by atoms with E-state index < -0.39 is 14.2 Å². The first-order chi connectivity index (χ1) is 11.5. The molecule has 2 aromatic carbocycles. The number of aliphatic hydroxyl groups excluding tert-OH is 1. The van der Waals surface area contributed by atoms with Gasteiger partial charge < -0.3 is 9.84 Å². The number of aliphatic hydroxyl groups is 1. The summed E-state index contributed by atoms with van der Waals surface area (Å²) in [6.07, 6.45) is 0.143. The normalized spacial score (nSPS) is 12.8. The van der Waals surface area contributed by atoms with Crippen molar-refractivity contribution >= 4 is 8.07 Å². The minimum atomic E-state index is -1.62. The molecule has 2 nitrogen and oxygen atoms in total. The highest BCUT2D eigenvalue weighted by Gasteiger charge is 2.26. The number of hydrogen-bond acceptors (Lipinski definition) is 2. The van der Waals surface area contributed by atoms with Crippen LogP contribution in [0, 0.1) is 0 Å². The molecule has 0 aliphatic rings. The first-order valence-corrected chi connectivity index (χ1v) is 11.7. The molecule has 128 valence electrons. The fourth-order valence-electron chi connectivity index (χ4n) is 2.74. The average molecular weight is 341 g/mol. The van der Waals surface area contributed by atoms with Gasteiger partial charge in [-0.15, -0.1) is 6.58 Å². The average Bonchev–Trinajstić information content (AvgIpc) is 2.56. The molecule has 2 rings (SSSR count). The third-order valence-corrected chi connectivity index (χ3v) is 7.76. The summed E-state index contributed by atoms with van der Waals surface area (Å²) in [7, 11) is -1.62. The van der Waals surface area contributed by atoms with Gasteiger partial charge in [0.05, 0.1) is 27.4 Å². The van der Waals surface area contributed by atoms with Crippen molar-refractivity contribution in [2.75, 3.05) is 6.61 Å². The summed E-state index contributed by atoms with van der Waals surface area (Å²) < 4.78 is 5.64. The maximum Gasteiger partial charge on any atom is 0.0807 e. The highest BCUT2D eigenvalue weighted by atomic mass is 28.3. The first-order valence-electron chi connectivity index (χ1n) is 8.49. The van der Waals surface area contributed by atoms with Gasteiger partial charge in [-0.25, -0.2) is 0 Å². The van der Waals surface area contributed by atoms with Crippen LogP contribution in [0.3, 0.4) is 0 Å². The van der Waals surface area contributed by atoms with Gasteiger partial charge >= 0.3 is 0 Å². The Hall–Kier alpha value is -1.68. The lowest BCUT2D eigenvalue weighted by atomic mass is 10.2. The van der Waals surface area contributed by atoms with Crippen molar-refractivity contribution in [1.29, 1.82) is 0 Å². The molecule has 0 aliphatic carbocycles. The van der Waals surface area contributed by atoms with Crippen molar-refractivity contribution in [1.82, 2.24) is 0 Å². The zero-order chi connectivity index (χ0) is 17.4. The van der Waals surface area contributed by atoms with E-state index in [9.17, 15) is 5.11 Å². The SMILES string of the molecule is C=C(CC(O)COCc1ccccc1)[Si](C)(C)Cc1ccccc1. The van der Waals surface area contributed by atoms with E-state index in [1.807, 2.05) is 36.4 Å². The molecule has 0 fully saturated rings. The van der Waals surface area contributed by atoms with Crippen LogP contribution in [0.25, 0.3) is 0 Å². The van der Waals surface area contributed by atoms with Crippen LogP contribution >= 0.6 is 0 Å². The molecule has 0 aromatic heterocycles. The summed E-state index contributed by atoms with van der Waals surface area (Å²) in [5, 5.41) is 11.5. The molecule has 0 amide bonds. The van der Waals surface area contributed by atoms with Gasteiger partial charge in [-0.3, -0.25) is 0 Å². The predicted octanol–water partition coefficient (Wildman–Crippen LogP) is 4.54. The van der Waals surface area contributed by atoms with E-state index in [0.717, 1.165) is 11.6 Å². The third-order valence-electron chi connectivity index (χ3n) is 4.35. The summed E-state index contributed by atoms with van der Waals surface area (Å²) in [5.74, 6) is 0. The Bertz CT molecular complexity index is 623. The van der Waals surface area contributed by atoms with E-state index in [1.165, 1.54) is 10.8 Å². The van der Waals surface area contributed by atoms with Crippen molar-refractivity contribution in [2.24, 2.45) is 0 Å². The first kappa shape index (κ1) is 18.7. The maximum atomic E-state index is 10.3. The fourth-order valence-corrected chi connectivity index (χ4v) is 5.03. The van der Waals surface area contributed by atoms with Crippen LogP contribution in [0.4, 0.5) is 0 Å². The summed E-state index contributed by atoms with van der Waals surface area (Å²) >= 11 is 0. The molecule has 24 heavy (non-hydrogen) atoms. The van der Waals surface area contributed by atoms with Gasteiger partial charge in [-0.2, -0.15) is 0 Å². The second-order valence-electron chi connectivity index (χ2n) is 7.01. The highest BCUT2D eigenvalue weighted by molar-refractivity contribution is 6.83. The van der Waals surface area contributed by atoms with Gasteiger partial charge in [-0.1, -0.05) is 84.5 Å². The molecular weight excluding hydrogens is 312 g/mol. The lowest BCUT2D eigenvalue weighted by Gasteiger charge is -2.27. The van der Waals surface area contributed by atoms with E-state index in [-0.39, 0.29) is 0 Å². The largest absolute Gasteiger partial charge is 0.390 e. The molecule has 1 unspecified atom stereocenters. The second kappa shape index (κ2) is 8.97. The van der Waals surface area contributed by atoms with Crippen molar-refractivity contribution in [3.63, 3.8) is 0 Å². The van der Waals surface area contributed by atoms with E-state index in [2.05, 4.69) is 43.9 Å². The maximum absolute atomic E-state index is 10.3. The number of benzene rings is 2. The Balaban J connectivity index is 1.77. The van der Waals surface area contributed by atoms with Crippen molar-refractivity contribution in [2.45, 2.75) is 38.3 Å². The lowest BCUT2D eigenvalue weighted by Crippen LogP contribution is -2.34. The number of rotatable bonds is 9. The van der Waals surface area contributed by atoms with Crippen LogP contribution in [0.15, 0.2) is 72.4 Å². The summed E-state index contributed by atoms with van der Waals surface area (Å²) in [5.41, 5.74) is 2.48. The smallest absolute Gasteiger partial charge is 0.0807 e. The molecule has 0 aliphatic heterocycles. The van der Waals surface area contributed by atoms with Crippen LogP contribution < -0.4 is 0 Å². The summed E-state index contributed by atoms with van der Waals surface area (Å²) in [6.45, 7) is 9.80. The molecule has 0 heterocycles. The summed E-state index contributed by atoms with van der Waals surface area (Å²) in [6, 6.07) is 21.6. The van der Waals surface area contributed by atoms with Crippen LogP contribution in [0.1, 0.15) is 17.5 Å². The lowest BCUT2D eigenvalue weighted by molar-refractivity contribution is 0.0295. The summed E-state index contributed by atoms with van der Waals surface area (Å²) in [4.78, 5) is 0. The van der Waals surface area contributed by atoms with Gasteiger partial charge in [0.1, 0.15) is 0 Å². The Kier molecular flexibility index (Phi) is 6.97. The minimum Gasteiger partial charge on any atom is -0.390 e. The van der Waals surface area contributed by atoms with Gasteiger partial charge in [0.15, 0.2) is 0 Å². The highest BCUT2D eigenvalue weighted by Crippen LogP contribution is 2.23. The molecular formula is C21H28O2Si. The van der Waals surface area contributed by atoms with Crippen molar-refractivity contribution < 1.29 is 9.84 Å².